The molecular formula is C7H14N2O2S. The largest absolute Gasteiger partial charge is 0.329 e. The van der Waals surface area contributed by atoms with Crippen molar-refractivity contribution in [1.29, 1.82) is 0 Å². The lowest BCUT2D eigenvalue weighted by Crippen LogP contribution is -2.38. The normalized spacial score (nSPS) is 14.2. The third-order valence-corrected chi connectivity index (χ3v) is 3.80. The molecule has 0 aliphatic carbocycles. The number of hydrogen-bond acceptors (Lipinski definition) is 3. The summed E-state index contributed by atoms with van der Waals surface area (Å²) >= 11 is 0. The number of terminal acetylenes is 1. The first-order valence-electron chi connectivity index (χ1n) is 3.55. The number of sulfonamides is 1. The van der Waals surface area contributed by atoms with Gasteiger partial charge in [-0.1, -0.05) is 5.92 Å². The molecule has 0 fully saturated rings. The third kappa shape index (κ3) is 2.48. The van der Waals surface area contributed by atoms with Crippen molar-refractivity contribution in [2.75, 3.05) is 20.1 Å². The first-order valence-corrected chi connectivity index (χ1v) is 5.05. The minimum atomic E-state index is -3.29. The third-order valence-electron chi connectivity index (χ3n) is 1.59. The molecule has 0 rings (SSSR count). The average molecular weight is 190 g/mol. The van der Waals surface area contributed by atoms with E-state index in [0.29, 0.717) is 0 Å². The summed E-state index contributed by atoms with van der Waals surface area (Å²) in [6.45, 7) is 1.76. The molecule has 1 unspecified atom stereocenters. The second-order valence-electron chi connectivity index (χ2n) is 2.55. The van der Waals surface area contributed by atoms with Crippen molar-refractivity contribution in [3.8, 4) is 12.3 Å². The Labute approximate surface area is 73.8 Å². The van der Waals surface area contributed by atoms with Gasteiger partial charge in [-0.3, -0.25) is 0 Å². The Kier molecular flexibility index (Phi) is 4.24. The first-order chi connectivity index (χ1) is 5.46. The molecule has 0 aliphatic heterocycles. The van der Waals surface area contributed by atoms with Crippen molar-refractivity contribution in [2.45, 2.75) is 12.2 Å². The smallest absolute Gasteiger partial charge is 0.218 e. The van der Waals surface area contributed by atoms with Gasteiger partial charge in [0.15, 0.2) is 0 Å². The number of nitrogens with two attached hydrogens (primary N) is 1. The van der Waals surface area contributed by atoms with Crippen LogP contribution in [0, 0.1) is 12.3 Å². The molecule has 70 valence electrons. The van der Waals surface area contributed by atoms with Crippen LogP contribution in [0.3, 0.4) is 0 Å². The Bertz CT molecular complexity index is 266. The van der Waals surface area contributed by atoms with Crippen LogP contribution in [0.5, 0.6) is 0 Å². The fourth-order valence-corrected chi connectivity index (χ4v) is 1.76. The van der Waals surface area contributed by atoms with E-state index in [4.69, 9.17) is 12.2 Å². The molecule has 0 aromatic heterocycles. The average Bonchev–Trinajstić information content (AvgIpc) is 2.03. The van der Waals surface area contributed by atoms with Crippen molar-refractivity contribution in [3.05, 3.63) is 0 Å². The van der Waals surface area contributed by atoms with Crippen molar-refractivity contribution in [3.63, 3.8) is 0 Å². The highest BCUT2D eigenvalue weighted by molar-refractivity contribution is 7.89. The molecule has 0 radical (unpaired) electrons. The minimum absolute atomic E-state index is 0.0900. The Balaban J connectivity index is 4.53. The topological polar surface area (TPSA) is 63.4 Å². The molecule has 12 heavy (non-hydrogen) atoms. The van der Waals surface area contributed by atoms with Gasteiger partial charge in [-0.2, -0.15) is 4.31 Å². The van der Waals surface area contributed by atoms with E-state index < -0.39 is 15.3 Å². The molecule has 0 heterocycles. The van der Waals surface area contributed by atoms with E-state index in [2.05, 4.69) is 5.92 Å². The fourth-order valence-electron chi connectivity index (χ4n) is 0.647. The monoisotopic (exact) mass is 190 g/mol. The maximum Gasteiger partial charge on any atom is 0.218 e. The van der Waals surface area contributed by atoms with Crippen LogP contribution in [-0.4, -0.2) is 38.1 Å². The highest BCUT2D eigenvalue weighted by atomic mass is 32.2. The summed E-state index contributed by atoms with van der Waals surface area (Å²) in [5.41, 5.74) is 5.23. The summed E-state index contributed by atoms with van der Waals surface area (Å²) in [5.74, 6) is 2.26. The lowest BCUT2D eigenvalue weighted by atomic mass is 10.5. The first kappa shape index (κ1) is 11.4. The number of hydrogen-bond donors (Lipinski definition) is 1. The molecule has 4 nitrogen and oxygen atoms in total. The predicted octanol–water partition coefficient (Wildman–Crippen LogP) is -0.772. The van der Waals surface area contributed by atoms with Gasteiger partial charge in [0, 0.05) is 13.6 Å². The van der Waals surface area contributed by atoms with Gasteiger partial charge in [-0.05, 0) is 6.92 Å². The van der Waals surface area contributed by atoms with E-state index >= 15 is 0 Å². The van der Waals surface area contributed by atoms with Crippen LogP contribution < -0.4 is 5.73 Å². The zero-order chi connectivity index (χ0) is 9.78. The van der Waals surface area contributed by atoms with E-state index in [1.165, 1.54) is 7.05 Å². The molecule has 0 aromatic rings. The van der Waals surface area contributed by atoms with Crippen LogP contribution in [-0.2, 0) is 10.0 Å². The van der Waals surface area contributed by atoms with Crippen molar-refractivity contribution in [1.82, 2.24) is 4.31 Å². The van der Waals surface area contributed by atoms with Crippen molar-refractivity contribution >= 4 is 10.0 Å². The molecule has 0 aromatic carbocycles. The summed E-state index contributed by atoms with van der Waals surface area (Å²) in [7, 11) is -1.84. The van der Waals surface area contributed by atoms with Gasteiger partial charge in [0.1, 0.15) is 0 Å². The van der Waals surface area contributed by atoms with Gasteiger partial charge in [-0.25, -0.2) is 8.42 Å². The summed E-state index contributed by atoms with van der Waals surface area (Å²) in [6, 6.07) is 0. The predicted molar refractivity (Wildman–Crippen MR) is 48.9 cm³/mol. The number of rotatable bonds is 4. The van der Waals surface area contributed by atoms with E-state index in [1.54, 1.807) is 6.92 Å². The van der Waals surface area contributed by atoms with Gasteiger partial charge in [0.25, 0.3) is 0 Å². The molecular weight excluding hydrogens is 176 g/mol. The Morgan fingerprint density at radius 2 is 2.17 bits per heavy atom. The summed E-state index contributed by atoms with van der Waals surface area (Å²) in [5, 5.41) is -0.573. The quantitative estimate of drug-likeness (QED) is 0.592. The minimum Gasteiger partial charge on any atom is -0.329 e. The van der Waals surface area contributed by atoms with Crippen molar-refractivity contribution < 1.29 is 8.42 Å². The summed E-state index contributed by atoms with van der Waals surface area (Å²) in [6.07, 6.45) is 4.98. The standard InChI is InChI=1S/C7H14N2O2S/c1-4-5-9(3)12(10,11)7(2)6-8/h1,7H,5-6,8H2,2-3H3. The van der Waals surface area contributed by atoms with Crippen molar-refractivity contribution in [2.24, 2.45) is 5.73 Å². The molecule has 0 bridgehead atoms. The maximum absolute atomic E-state index is 11.4. The zero-order valence-electron chi connectivity index (χ0n) is 7.32. The molecule has 2 N–H and O–H groups in total. The maximum atomic E-state index is 11.4. The zero-order valence-corrected chi connectivity index (χ0v) is 8.13. The Morgan fingerprint density at radius 1 is 1.67 bits per heavy atom. The van der Waals surface area contributed by atoms with E-state index in [0.717, 1.165) is 4.31 Å². The van der Waals surface area contributed by atoms with Crippen LogP contribution in [0.2, 0.25) is 0 Å². The van der Waals surface area contributed by atoms with E-state index in [1.807, 2.05) is 0 Å². The molecule has 0 aliphatic rings. The molecule has 1 atom stereocenters. The SMILES string of the molecule is C#CCN(C)S(=O)(=O)C(C)CN. The van der Waals surface area contributed by atoms with Gasteiger partial charge in [0.2, 0.25) is 10.0 Å². The Hall–Kier alpha value is -0.570. The number of nitrogens with zero attached hydrogens (tertiary/aromatic N) is 1. The lowest BCUT2D eigenvalue weighted by molar-refractivity contribution is 0.492. The van der Waals surface area contributed by atoms with Gasteiger partial charge in [0.05, 0.1) is 11.8 Å². The molecule has 0 amide bonds. The highest BCUT2D eigenvalue weighted by Crippen LogP contribution is 2.04. The highest BCUT2D eigenvalue weighted by Gasteiger charge is 2.23. The second kappa shape index (κ2) is 4.45. The molecule has 5 heteroatoms. The molecule has 0 saturated carbocycles. The van der Waals surface area contributed by atoms with Crippen LogP contribution >= 0.6 is 0 Å². The van der Waals surface area contributed by atoms with Gasteiger partial charge < -0.3 is 5.73 Å². The van der Waals surface area contributed by atoms with E-state index in [-0.39, 0.29) is 13.1 Å². The van der Waals surface area contributed by atoms with E-state index in [9.17, 15) is 8.42 Å². The van der Waals surface area contributed by atoms with Crippen LogP contribution in [0.1, 0.15) is 6.92 Å². The van der Waals surface area contributed by atoms with Gasteiger partial charge in [-0.15, -0.1) is 6.42 Å². The molecule has 0 spiro atoms. The van der Waals surface area contributed by atoms with Crippen LogP contribution in [0.25, 0.3) is 0 Å². The van der Waals surface area contributed by atoms with Crippen LogP contribution in [0.15, 0.2) is 0 Å². The van der Waals surface area contributed by atoms with Crippen LogP contribution in [0.4, 0.5) is 0 Å². The second-order valence-corrected chi connectivity index (χ2v) is 5.01. The Morgan fingerprint density at radius 3 is 2.50 bits per heavy atom. The summed E-state index contributed by atoms with van der Waals surface area (Å²) < 4.78 is 23.9. The summed E-state index contributed by atoms with van der Waals surface area (Å²) in [4.78, 5) is 0. The fraction of sp³-hybridized carbons (Fsp3) is 0.714. The van der Waals surface area contributed by atoms with Gasteiger partial charge >= 0.3 is 0 Å². The molecule has 0 saturated heterocycles. The lowest BCUT2D eigenvalue weighted by Gasteiger charge is -2.18.